The molecule has 0 spiro atoms. The first-order valence-electron chi connectivity index (χ1n) is 27.3. The highest BCUT2D eigenvalue weighted by Crippen LogP contribution is 2.12. The van der Waals surface area contributed by atoms with Crippen LogP contribution in [0.5, 0.6) is 0 Å². The maximum atomic E-state index is 12.8. The Morgan fingerprint density at radius 1 is 0.304 bits per heavy atom. The van der Waals surface area contributed by atoms with Crippen LogP contribution >= 0.6 is 0 Å². The Balaban J connectivity index is 4.60. The maximum absolute atomic E-state index is 12.8. The smallest absolute Gasteiger partial charge is 0.306 e. The Morgan fingerprint density at radius 2 is 0.580 bits per heavy atom. The van der Waals surface area contributed by atoms with Gasteiger partial charge in [-0.1, -0.05) is 205 Å². The number of allylic oxidation sites excluding steroid dienone is 24. The molecule has 0 saturated carbocycles. The number of unbranched alkanes of at least 4 members (excludes halogenated alkanes) is 12. The van der Waals surface area contributed by atoms with E-state index in [1.54, 1.807) is 0 Å². The molecule has 0 rings (SSSR count). The molecule has 69 heavy (non-hydrogen) atoms. The molecule has 0 amide bonds. The summed E-state index contributed by atoms with van der Waals surface area (Å²) in [6.45, 7) is 6.27. The van der Waals surface area contributed by atoms with E-state index < -0.39 is 6.10 Å². The summed E-state index contributed by atoms with van der Waals surface area (Å²) in [6.07, 6.45) is 79.8. The SMILES string of the molecule is CC/C=C\C/C=C\C/C=C\C/C=C\C/C=C\CCCCCC(=O)O[C@@H](COC(=O)CCC/C=C\C/C=C\C/C=C\C/C=C\CCCCC)COC(=O)CCCCCCC/C=C\C/C=C\C/C=C\CC. The van der Waals surface area contributed by atoms with E-state index in [4.69, 9.17) is 14.2 Å². The van der Waals surface area contributed by atoms with Crippen LogP contribution in [-0.2, 0) is 28.6 Å². The Kier molecular flexibility index (Phi) is 52.1. The molecule has 0 unspecified atom stereocenters. The van der Waals surface area contributed by atoms with Crippen LogP contribution in [0, 0.1) is 0 Å². The van der Waals surface area contributed by atoms with Crippen molar-refractivity contribution in [1.29, 1.82) is 0 Å². The minimum absolute atomic E-state index is 0.124. The van der Waals surface area contributed by atoms with Crippen LogP contribution in [0.1, 0.15) is 213 Å². The summed E-state index contributed by atoms with van der Waals surface area (Å²) in [5, 5.41) is 0. The van der Waals surface area contributed by atoms with E-state index in [-0.39, 0.29) is 44.0 Å². The normalized spacial score (nSPS) is 13.3. The molecular weight excluding hydrogens is 853 g/mol. The van der Waals surface area contributed by atoms with E-state index in [0.29, 0.717) is 19.3 Å². The lowest BCUT2D eigenvalue weighted by Crippen LogP contribution is -2.30. The summed E-state index contributed by atoms with van der Waals surface area (Å²) < 4.78 is 16.7. The van der Waals surface area contributed by atoms with E-state index in [1.165, 1.54) is 25.7 Å². The number of esters is 3. The summed E-state index contributed by atoms with van der Waals surface area (Å²) in [5.74, 6) is -1.04. The first-order chi connectivity index (χ1) is 34.0. The highest BCUT2D eigenvalue weighted by Gasteiger charge is 2.19. The predicted octanol–water partition coefficient (Wildman–Crippen LogP) is 18.4. The third-order valence-corrected chi connectivity index (χ3v) is 10.8. The van der Waals surface area contributed by atoms with Gasteiger partial charge in [0.1, 0.15) is 13.2 Å². The Bertz CT molecular complexity index is 1560. The summed E-state index contributed by atoms with van der Waals surface area (Å²) in [7, 11) is 0. The van der Waals surface area contributed by atoms with Crippen molar-refractivity contribution in [2.24, 2.45) is 0 Å². The summed E-state index contributed by atoms with van der Waals surface area (Å²) >= 11 is 0. The molecule has 6 nitrogen and oxygen atoms in total. The lowest BCUT2D eigenvalue weighted by molar-refractivity contribution is -0.167. The van der Waals surface area contributed by atoms with E-state index >= 15 is 0 Å². The number of rotatable bonds is 47. The van der Waals surface area contributed by atoms with Gasteiger partial charge in [-0.3, -0.25) is 14.4 Å². The molecule has 0 heterocycles. The van der Waals surface area contributed by atoms with Crippen molar-refractivity contribution in [2.45, 2.75) is 219 Å². The van der Waals surface area contributed by atoms with Crippen molar-refractivity contribution in [1.82, 2.24) is 0 Å². The van der Waals surface area contributed by atoms with Crippen molar-refractivity contribution < 1.29 is 28.6 Å². The second-order valence-corrected chi connectivity index (χ2v) is 17.4. The topological polar surface area (TPSA) is 78.9 Å². The zero-order valence-electron chi connectivity index (χ0n) is 44.0. The third kappa shape index (κ3) is 54.1. The van der Waals surface area contributed by atoms with Crippen molar-refractivity contribution >= 4 is 17.9 Å². The van der Waals surface area contributed by atoms with Crippen LogP contribution in [0.15, 0.2) is 146 Å². The van der Waals surface area contributed by atoms with Gasteiger partial charge in [-0.25, -0.2) is 0 Å². The fourth-order valence-corrected chi connectivity index (χ4v) is 6.77. The highest BCUT2D eigenvalue weighted by molar-refractivity contribution is 5.71. The number of hydrogen-bond acceptors (Lipinski definition) is 6. The number of carbonyl (C=O) groups is 3. The van der Waals surface area contributed by atoms with Gasteiger partial charge in [0.05, 0.1) is 0 Å². The van der Waals surface area contributed by atoms with Crippen LogP contribution in [0.4, 0.5) is 0 Å². The van der Waals surface area contributed by atoms with Gasteiger partial charge in [0, 0.05) is 19.3 Å². The Hall–Kier alpha value is -4.71. The lowest BCUT2D eigenvalue weighted by atomic mass is 10.1. The molecule has 0 bridgehead atoms. The van der Waals surface area contributed by atoms with Crippen molar-refractivity contribution in [3.63, 3.8) is 0 Å². The molecule has 0 radical (unpaired) electrons. The van der Waals surface area contributed by atoms with E-state index in [9.17, 15) is 14.4 Å². The van der Waals surface area contributed by atoms with E-state index in [1.807, 2.05) is 0 Å². The summed E-state index contributed by atoms with van der Waals surface area (Å²) in [4.78, 5) is 38.1. The van der Waals surface area contributed by atoms with Crippen molar-refractivity contribution in [2.75, 3.05) is 13.2 Å². The van der Waals surface area contributed by atoms with Crippen molar-refractivity contribution in [3.05, 3.63) is 146 Å². The van der Waals surface area contributed by atoms with Gasteiger partial charge in [-0.15, -0.1) is 0 Å². The zero-order valence-corrected chi connectivity index (χ0v) is 44.0. The third-order valence-electron chi connectivity index (χ3n) is 10.8. The molecule has 0 aromatic carbocycles. The quantitative estimate of drug-likeness (QED) is 0.0262. The van der Waals surface area contributed by atoms with Gasteiger partial charge >= 0.3 is 17.9 Å². The zero-order chi connectivity index (χ0) is 50.0. The molecule has 0 saturated heterocycles. The summed E-state index contributed by atoms with van der Waals surface area (Å²) in [5.41, 5.74) is 0. The first kappa shape index (κ1) is 64.3. The first-order valence-corrected chi connectivity index (χ1v) is 27.3. The minimum Gasteiger partial charge on any atom is -0.462 e. The van der Waals surface area contributed by atoms with Gasteiger partial charge in [0.15, 0.2) is 6.10 Å². The molecule has 0 aliphatic rings. The van der Waals surface area contributed by atoms with Crippen LogP contribution in [-0.4, -0.2) is 37.2 Å². The van der Waals surface area contributed by atoms with Gasteiger partial charge in [0.2, 0.25) is 0 Å². The number of ether oxygens (including phenoxy) is 3. The monoisotopic (exact) mass is 951 g/mol. The average Bonchev–Trinajstić information content (AvgIpc) is 3.35. The Morgan fingerprint density at radius 3 is 0.957 bits per heavy atom. The molecular formula is C63H98O6. The fourth-order valence-electron chi connectivity index (χ4n) is 6.77. The van der Waals surface area contributed by atoms with E-state index in [2.05, 4.69) is 167 Å². The van der Waals surface area contributed by atoms with Crippen LogP contribution in [0.3, 0.4) is 0 Å². The average molecular weight is 951 g/mol. The van der Waals surface area contributed by atoms with Gasteiger partial charge in [0.25, 0.3) is 0 Å². The summed E-state index contributed by atoms with van der Waals surface area (Å²) in [6, 6.07) is 0. The molecule has 6 heteroatoms. The van der Waals surface area contributed by atoms with Gasteiger partial charge in [-0.2, -0.15) is 0 Å². The van der Waals surface area contributed by atoms with Gasteiger partial charge < -0.3 is 14.2 Å². The second-order valence-electron chi connectivity index (χ2n) is 17.4. The van der Waals surface area contributed by atoms with Gasteiger partial charge in [-0.05, 0) is 135 Å². The van der Waals surface area contributed by atoms with Crippen LogP contribution in [0.25, 0.3) is 0 Å². The van der Waals surface area contributed by atoms with Crippen LogP contribution < -0.4 is 0 Å². The lowest BCUT2D eigenvalue weighted by Gasteiger charge is -2.18. The van der Waals surface area contributed by atoms with Crippen LogP contribution in [0.2, 0.25) is 0 Å². The highest BCUT2D eigenvalue weighted by atomic mass is 16.6. The Labute approximate surface area is 423 Å². The predicted molar refractivity (Wildman–Crippen MR) is 297 cm³/mol. The molecule has 0 aromatic heterocycles. The molecule has 0 N–H and O–H groups in total. The van der Waals surface area contributed by atoms with Crippen molar-refractivity contribution in [3.8, 4) is 0 Å². The molecule has 0 aliphatic heterocycles. The molecule has 0 aromatic rings. The van der Waals surface area contributed by atoms with E-state index in [0.717, 1.165) is 135 Å². The largest absolute Gasteiger partial charge is 0.462 e. The standard InChI is InChI=1S/C63H98O6/c1-4-7-10-13-16-19-22-25-28-30-31-33-36-39-42-45-48-51-54-57-63(66)69-60(58-67-61(64)55-52-49-46-43-40-37-34-27-24-21-18-15-12-9-6-3)59-68-62(65)56-53-50-47-44-41-38-35-32-29-26-23-20-17-14-11-8-5-2/h7,9-10,12,16-21,25-29,31,33-35,38-39,42,44,47,60H,4-6,8,11,13-15,22-24,30,32,36-37,40-41,43,45-46,48-59H2,1-3H3/b10-7-,12-9-,19-16-,20-17-,21-18-,28-25-,29-26-,33-31-,34-27-,38-35-,42-39-,47-44-/t60-/m1/s1. The minimum atomic E-state index is -0.832. The maximum Gasteiger partial charge on any atom is 0.306 e. The molecule has 0 aliphatic carbocycles. The molecule has 386 valence electrons. The second kappa shape index (κ2) is 55.9. The molecule has 0 fully saturated rings. The molecule has 1 atom stereocenters. The number of hydrogen-bond donors (Lipinski definition) is 0. The fraction of sp³-hybridized carbons (Fsp3) is 0.571. The number of carbonyl (C=O) groups excluding carboxylic acids is 3.